The van der Waals surface area contributed by atoms with Gasteiger partial charge in [-0.15, -0.1) is 0 Å². The SMILES string of the molecule is CNC(=O)CCNC(=O)C(C)(C)C1CCCNC1. The zero-order chi connectivity index (χ0) is 13.6. The quantitative estimate of drug-likeness (QED) is 0.660. The molecule has 0 saturated carbocycles. The molecule has 1 aliphatic heterocycles. The van der Waals surface area contributed by atoms with Crippen molar-refractivity contribution in [3.8, 4) is 0 Å². The summed E-state index contributed by atoms with van der Waals surface area (Å²) >= 11 is 0. The van der Waals surface area contributed by atoms with Crippen LogP contribution in [-0.2, 0) is 9.59 Å². The highest BCUT2D eigenvalue weighted by Gasteiger charge is 2.36. The standard InChI is InChI=1S/C13H25N3O2/c1-13(2,10-5-4-7-15-9-10)12(18)16-8-6-11(17)14-3/h10,15H,4-9H2,1-3H3,(H,14,17)(H,16,18). The predicted octanol–water partition coefficient (Wildman–Crippen LogP) is 0.265. The highest BCUT2D eigenvalue weighted by molar-refractivity contribution is 5.83. The highest BCUT2D eigenvalue weighted by atomic mass is 16.2. The van der Waals surface area contributed by atoms with Crippen molar-refractivity contribution in [3.63, 3.8) is 0 Å². The molecule has 0 bridgehead atoms. The van der Waals surface area contributed by atoms with E-state index >= 15 is 0 Å². The lowest BCUT2D eigenvalue weighted by Gasteiger charge is -2.36. The minimum Gasteiger partial charge on any atom is -0.359 e. The summed E-state index contributed by atoms with van der Waals surface area (Å²) in [5, 5.41) is 8.73. The van der Waals surface area contributed by atoms with Gasteiger partial charge in [0.25, 0.3) is 0 Å². The second-order valence-electron chi connectivity index (χ2n) is 5.44. The summed E-state index contributed by atoms with van der Waals surface area (Å²) < 4.78 is 0. The Kier molecular flexibility index (Phi) is 5.59. The second kappa shape index (κ2) is 6.73. The van der Waals surface area contributed by atoms with Crippen molar-refractivity contribution in [2.45, 2.75) is 33.1 Å². The third-order valence-electron chi connectivity index (χ3n) is 3.82. The maximum Gasteiger partial charge on any atom is 0.225 e. The fraction of sp³-hybridized carbons (Fsp3) is 0.846. The largest absolute Gasteiger partial charge is 0.359 e. The van der Waals surface area contributed by atoms with Crippen LogP contribution in [0.5, 0.6) is 0 Å². The molecule has 1 rings (SSSR count). The number of carbonyl (C=O) groups excluding carboxylic acids is 2. The molecular formula is C13H25N3O2. The van der Waals surface area contributed by atoms with Crippen LogP contribution >= 0.6 is 0 Å². The maximum atomic E-state index is 12.2. The summed E-state index contributed by atoms with van der Waals surface area (Å²) in [4.78, 5) is 23.2. The molecule has 1 fully saturated rings. The summed E-state index contributed by atoms with van der Waals surface area (Å²) in [6.07, 6.45) is 2.55. The summed E-state index contributed by atoms with van der Waals surface area (Å²) in [6, 6.07) is 0. The number of rotatable bonds is 5. The molecule has 1 atom stereocenters. The molecule has 0 aromatic heterocycles. The first-order valence-electron chi connectivity index (χ1n) is 6.68. The van der Waals surface area contributed by atoms with E-state index in [4.69, 9.17) is 0 Å². The highest BCUT2D eigenvalue weighted by Crippen LogP contribution is 2.31. The van der Waals surface area contributed by atoms with E-state index in [2.05, 4.69) is 16.0 Å². The number of nitrogens with one attached hydrogen (secondary N) is 3. The lowest BCUT2D eigenvalue weighted by molar-refractivity contribution is -0.132. The van der Waals surface area contributed by atoms with Crippen LogP contribution in [0.15, 0.2) is 0 Å². The van der Waals surface area contributed by atoms with Gasteiger partial charge in [0.1, 0.15) is 0 Å². The maximum absolute atomic E-state index is 12.2. The number of hydrogen-bond donors (Lipinski definition) is 3. The lowest BCUT2D eigenvalue weighted by atomic mass is 9.74. The number of hydrogen-bond acceptors (Lipinski definition) is 3. The van der Waals surface area contributed by atoms with Gasteiger partial charge in [-0.2, -0.15) is 0 Å². The van der Waals surface area contributed by atoms with Crippen LogP contribution in [0.3, 0.4) is 0 Å². The van der Waals surface area contributed by atoms with Crippen molar-refractivity contribution in [3.05, 3.63) is 0 Å². The van der Waals surface area contributed by atoms with Gasteiger partial charge in [-0.25, -0.2) is 0 Å². The first-order valence-corrected chi connectivity index (χ1v) is 6.68. The Bertz CT molecular complexity index is 297. The van der Waals surface area contributed by atoms with E-state index in [9.17, 15) is 9.59 Å². The van der Waals surface area contributed by atoms with Crippen molar-refractivity contribution in [2.24, 2.45) is 11.3 Å². The molecular weight excluding hydrogens is 230 g/mol. The topological polar surface area (TPSA) is 70.2 Å². The van der Waals surface area contributed by atoms with Gasteiger partial charge in [0.2, 0.25) is 11.8 Å². The average Bonchev–Trinajstić information content (AvgIpc) is 2.39. The number of amides is 2. The molecule has 5 nitrogen and oxygen atoms in total. The van der Waals surface area contributed by atoms with Crippen LogP contribution in [0.1, 0.15) is 33.1 Å². The van der Waals surface area contributed by atoms with Crippen LogP contribution in [0, 0.1) is 11.3 Å². The van der Waals surface area contributed by atoms with E-state index < -0.39 is 0 Å². The van der Waals surface area contributed by atoms with E-state index in [0.717, 1.165) is 25.9 Å². The van der Waals surface area contributed by atoms with Gasteiger partial charge in [-0.1, -0.05) is 13.8 Å². The monoisotopic (exact) mass is 255 g/mol. The molecule has 2 amide bonds. The Morgan fingerprint density at radius 1 is 1.39 bits per heavy atom. The van der Waals surface area contributed by atoms with E-state index in [-0.39, 0.29) is 17.2 Å². The Labute approximate surface area is 109 Å². The molecule has 0 aliphatic carbocycles. The smallest absolute Gasteiger partial charge is 0.225 e. The van der Waals surface area contributed by atoms with Crippen LogP contribution in [0.2, 0.25) is 0 Å². The lowest BCUT2D eigenvalue weighted by Crippen LogP contribution is -2.47. The molecule has 0 spiro atoms. The number of piperidine rings is 1. The molecule has 104 valence electrons. The van der Waals surface area contributed by atoms with Crippen LogP contribution in [0.4, 0.5) is 0 Å². The van der Waals surface area contributed by atoms with Gasteiger partial charge < -0.3 is 16.0 Å². The normalized spacial score (nSPS) is 20.3. The molecule has 0 aromatic rings. The minimum absolute atomic E-state index is 0.0418. The molecule has 5 heteroatoms. The van der Waals surface area contributed by atoms with Gasteiger partial charge in [0.15, 0.2) is 0 Å². The van der Waals surface area contributed by atoms with Crippen LogP contribution < -0.4 is 16.0 Å². The molecule has 0 radical (unpaired) electrons. The average molecular weight is 255 g/mol. The third kappa shape index (κ3) is 3.98. The van der Waals surface area contributed by atoms with Crippen LogP contribution in [-0.4, -0.2) is 38.5 Å². The molecule has 3 N–H and O–H groups in total. The van der Waals surface area contributed by atoms with Crippen molar-refractivity contribution >= 4 is 11.8 Å². The third-order valence-corrected chi connectivity index (χ3v) is 3.82. The van der Waals surface area contributed by atoms with Crippen molar-refractivity contribution in [1.29, 1.82) is 0 Å². The Morgan fingerprint density at radius 2 is 2.11 bits per heavy atom. The van der Waals surface area contributed by atoms with Gasteiger partial charge in [0.05, 0.1) is 0 Å². The number of carbonyl (C=O) groups is 2. The summed E-state index contributed by atoms with van der Waals surface area (Å²) in [5.74, 6) is 0.360. The van der Waals surface area contributed by atoms with Gasteiger partial charge in [-0.3, -0.25) is 9.59 Å². The van der Waals surface area contributed by atoms with E-state index in [1.807, 2.05) is 13.8 Å². The van der Waals surface area contributed by atoms with E-state index in [1.165, 1.54) is 0 Å². The van der Waals surface area contributed by atoms with Gasteiger partial charge in [-0.05, 0) is 31.8 Å². The predicted molar refractivity (Wildman–Crippen MR) is 71.1 cm³/mol. The Hall–Kier alpha value is -1.10. The molecule has 1 heterocycles. The first-order chi connectivity index (χ1) is 8.48. The van der Waals surface area contributed by atoms with Gasteiger partial charge in [0, 0.05) is 25.4 Å². The molecule has 1 unspecified atom stereocenters. The fourth-order valence-corrected chi connectivity index (χ4v) is 2.30. The summed E-state index contributed by atoms with van der Waals surface area (Å²) in [5.41, 5.74) is -0.379. The molecule has 1 saturated heterocycles. The Balaban J connectivity index is 2.40. The summed E-state index contributed by atoms with van der Waals surface area (Å²) in [7, 11) is 1.60. The minimum atomic E-state index is -0.379. The summed E-state index contributed by atoms with van der Waals surface area (Å²) in [6.45, 7) is 6.32. The first kappa shape index (κ1) is 15.0. The zero-order valence-corrected chi connectivity index (χ0v) is 11.6. The molecule has 1 aliphatic rings. The van der Waals surface area contributed by atoms with Gasteiger partial charge >= 0.3 is 0 Å². The molecule has 18 heavy (non-hydrogen) atoms. The van der Waals surface area contributed by atoms with Crippen LogP contribution in [0.25, 0.3) is 0 Å². The van der Waals surface area contributed by atoms with Crippen molar-refractivity contribution in [2.75, 3.05) is 26.7 Å². The fourth-order valence-electron chi connectivity index (χ4n) is 2.30. The zero-order valence-electron chi connectivity index (χ0n) is 11.6. The van der Waals surface area contributed by atoms with Crippen molar-refractivity contribution in [1.82, 2.24) is 16.0 Å². The Morgan fingerprint density at radius 3 is 2.67 bits per heavy atom. The second-order valence-corrected chi connectivity index (χ2v) is 5.44. The van der Waals surface area contributed by atoms with E-state index in [1.54, 1.807) is 7.05 Å². The van der Waals surface area contributed by atoms with E-state index in [0.29, 0.717) is 18.9 Å². The molecule has 0 aromatic carbocycles. The van der Waals surface area contributed by atoms with Crippen molar-refractivity contribution < 1.29 is 9.59 Å².